The second kappa shape index (κ2) is 3.51. The zero-order chi connectivity index (χ0) is 8.27. The Morgan fingerprint density at radius 3 is 2.45 bits per heavy atom. The van der Waals surface area contributed by atoms with Gasteiger partial charge in [0.25, 0.3) is 5.91 Å². The smallest absolute Gasteiger partial charge is 0.268 e. The van der Waals surface area contributed by atoms with E-state index in [4.69, 9.17) is 5.73 Å². The lowest BCUT2D eigenvalue weighted by Crippen LogP contribution is -2.28. The SMILES string of the molecule is [N]C(=O)[C@@H]1CCCC[C@@H]1C=O. The van der Waals surface area contributed by atoms with Crippen LogP contribution in [0.4, 0.5) is 0 Å². The number of aldehydes is 1. The standard InChI is InChI=1S/C8H11NO2/c9-8(11)7-4-2-1-3-6(7)5-10/h5-7H,1-4H2/t6-,7-/m1/s1. The molecule has 2 atom stereocenters. The Hall–Kier alpha value is -0.860. The van der Waals surface area contributed by atoms with Crippen LogP contribution in [0.25, 0.3) is 0 Å². The van der Waals surface area contributed by atoms with E-state index < -0.39 is 11.8 Å². The fraction of sp³-hybridized carbons (Fsp3) is 0.750. The van der Waals surface area contributed by atoms with Gasteiger partial charge in [-0.15, -0.1) is 5.73 Å². The lowest BCUT2D eigenvalue weighted by Gasteiger charge is -2.23. The maximum atomic E-state index is 10.6. The van der Waals surface area contributed by atoms with Crippen molar-refractivity contribution in [2.45, 2.75) is 25.7 Å². The second-order valence-corrected chi connectivity index (χ2v) is 3.03. The van der Waals surface area contributed by atoms with Gasteiger partial charge in [0.1, 0.15) is 6.29 Å². The molecular weight excluding hydrogens is 142 g/mol. The first-order chi connectivity index (χ1) is 5.25. The molecule has 3 heteroatoms. The molecule has 1 rings (SSSR count). The van der Waals surface area contributed by atoms with Crippen molar-refractivity contribution in [3.8, 4) is 0 Å². The molecule has 0 heterocycles. The van der Waals surface area contributed by atoms with Crippen molar-refractivity contribution in [2.24, 2.45) is 11.8 Å². The van der Waals surface area contributed by atoms with Gasteiger partial charge in [-0.1, -0.05) is 12.8 Å². The third kappa shape index (κ3) is 1.79. The van der Waals surface area contributed by atoms with E-state index in [1.54, 1.807) is 0 Å². The molecule has 0 aromatic carbocycles. The Morgan fingerprint density at radius 1 is 1.36 bits per heavy atom. The summed E-state index contributed by atoms with van der Waals surface area (Å²) in [4.78, 5) is 21.0. The minimum absolute atomic E-state index is 0.235. The largest absolute Gasteiger partial charge is 0.303 e. The van der Waals surface area contributed by atoms with Crippen LogP contribution < -0.4 is 5.73 Å². The van der Waals surface area contributed by atoms with E-state index in [1.807, 2.05) is 0 Å². The Labute approximate surface area is 66.0 Å². The molecule has 0 bridgehead atoms. The summed E-state index contributed by atoms with van der Waals surface area (Å²) in [5.41, 5.74) is 8.68. The van der Waals surface area contributed by atoms with Gasteiger partial charge in [-0.05, 0) is 12.8 Å². The third-order valence-corrected chi connectivity index (χ3v) is 2.31. The van der Waals surface area contributed by atoms with E-state index in [-0.39, 0.29) is 5.92 Å². The first kappa shape index (κ1) is 8.24. The molecule has 11 heavy (non-hydrogen) atoms. The zero-order valence-corrected chi connectivity index (χ0v) is 6.32. The highest BCUT2D eigenvalue weighted by molar-refractivity contribution is 5.79. The molecule has 1 aliphatic rings. The third-order valence-electron chi connectivity index (χ3n) is 2.31. The predicted molar refractivity (Wildman–Crippen MR) is 38.7 cm³/mol. The summed E-state index contributed by atoms with van der Waals surface area (Å²) in [6.07, 6.45) is 4.14. The maximum absolute atomic E-state index is 10.6. The van der Waals surface area contributed by atoms with Crippen molar-refractivity contribution in [3.63, 3.8) is 0 Å². The van der Waals surface area contributed by atoms with Crippen LogP contribution in [0.2, 0.25) is 0 Å². The summed E-state index contributed by atoms with van der Waals surface area (Å²) in [6, 6.07) is 0. The van der Waals surface area contributed by atoms with E-state index in [9.17, 15) is 9.59 Å². The van der Waals surface area contributed by atoms with E-state index in [0.29, 0.717) is 6.42 Å². The minimum Gasteiger partial charge on any atom is -0.303 e. The van der Waals surface area contributed by atoms with Gasteiger partial charge in [-0.3, -0.25) is 4.79 Å². The molecule has 0 spiro atoms. The number of amides is 1. The topological polar surface area (TPSA) is 56.4 Å². The zero-order valence-electron chi connectivity index (χ0n) is 6.32. The molecule has 0 saturated heterocycles. The monoisotopic (exact) mass is 153 g/mol. The molecule has 2 radical (unpaired) electrons. The molecule has 0 aromatic heterocycles. The van der Waals surface area contributed by atoms with Crippen LogP contribution in [0, 0.1) is 11.8 Å². The average Bonchev–Trinajstić information content (AvgIpc) is 2.04. The lowest BCUT2D eigenvalue weighted by molar-refractivity contribution is -0.128. The maximum Gasteiger partial charge on any atom is 0.268 e. The fourth-order valence-electron chi connectivity index (χ4n) is 1.63. The van der Waals surface area contributed by atoms with Gasteiger partial charge < -0.3 is 4.79 Å². The van der Waals surface area contributed by atoms with Crippen molar-refractivity contribution >= 4 is 12.2 Å². The highest BCUT2D eigenvalue weighted by atomic mass is 16.1. The molecule has 0 N–H and O–H groups in total. The Balaban J connectivity index is 2.58. The van der Waals surface area contributed by atoms with Crippen molar-refractivity contribution in [1.82, 2.24) is 5.73 Å². The highest BCUT2D eigenvalue weighted by Gasteiger charge is 2.29. The van der Waals surface area contributed by atoms with Crippen LogP contribution in [0.3, 0.4) is 0 Å². The summed E-state index contributed by atoms with van der Waals surface area (Å²) in [7, 11) is 0. The number of rotatable bonds is 2. The molecule has 1 amide bonds. The average molecular weight is 153 g/mol. The molecule has 0 aromatic rings. The van der Waals surface area contributed by atoms with Gasteiger partial charge in [0, 0.05) is 5.92 Å². The van der Waals surface area contributed by atoms with Crippen molar-refractivity contribution in [1.29, 1.82) is 0 Å². The Morgan fingerprint density at radius 2 is 2.00 bits per heavy atom. The normalized spacial score (nSPS) is 31.3. The summed E-state index contributed by atoms with van der Waals surface area (Å²) < 4.78 is 0. The molecular formula is C8H11NO2. The molecule has 0 unspecified atom stereocenters. The lowest BCUT2D eigenvalue weighted by atomic mass is 9.80. The molecule has 1 saturated carbocycles. The number of carbonyl (C=O) groups is 2. The molecule has 60 valence electrons. The van der Waals surface area contributed by atoms with Crippen LogP contribution in [-0.4, -0.2) is 12.2 Å². The van der Waals surface area contributed by atoms with Gasteiger partial charge in [0.2, 0.25) is 0 Å². The number of carbonyl (C=O) groups excluding carboxylic acids is 2. The molecule has 1 fully saturated rings. The fourth-order valence-corrected chi connectivity index (χ4v) is 1.63. The predicted octanol–water partition coefficient (Wildman–Crippen LogP) is 0.587. The Bertz CT molecular complexity index is 167. The highest BCUT2D eigenvalue weighted by Crippen LogP contribution is 2.28. The van der Waals surface area contributed by atoms with Gasteiger partial charge in [0.15, 0.2) is 0 Å². The van der Waals surface area contributed by atoms with Gasteiger partial charge in [-0.2, -0.15) is 0 Å². The van der Waals surface area contributed by atoms with Gasteiger partial charge >= 0.3 is 0 Å². The summed E-state index contributed by atoms with van der Waals surface area (Å²) in [5.74, 6) is -1.47. The first-order valence-corrected chi connectivity index (χ1v) is 3.94. The van der Waals surface area contributed by atoms with Gasteiger partial charge in [0.05, 0.1) is 5.92 Å². The van der Waals surface area contributed by atoms with E-state index in [2.05, 4.69) is 0 Å². The van der Waals surface area contributed by atoms with Crippen LogP contribution in [0.1, 0.15) is 25.7 Å². The first-order valence-electron chi connectivity index (χ1n) is 3.94. The molecule has 3 nitrogen and oxygen atoms in total. The summed E-state index contributed by atoms with van der Waals surface area (Å²) in [5, 5.41) is 0. The number of hydrogen-bond acceptors (Lipinski definition) is 2. The van der Waals surface area contributed by atoms with E-state index in [0.717, 1.165) is 25.5 Å². The van der Waals surface area contributed by atoms with Gasteiger partial charge in [-0.25, -0.2) is 0 Å². The van der Waals surface area contributed by atoms with Crippen LogP contribution in [-0.2, 0) is 9.59 Å². The summed E-state index contributed by atoms with van der Waals surface area (Å²) in [6.45, 7) is 0. The Kier molecular flexibility index (Phi) is 2.63. The van der Waals surface area contributed by atoms with Crippen molar-refractivity contribution in [2.75, 3.05) is 0 Å². The van der Waals surface area contributed by atoms with E-state index >= 15 is 0 Å². The quantitative estimate of drug-likeness (QED) is 0.545. The van der Waals surface area contributed by atoms with Crippen molar-refractivity contribution < 1.29 is 9.59 Å². The number of hydrogen-bond donors (Lipinski definition) is 0. The number of nitrogens with zero attached hydrogens (tertiary/aromatic N) is 1. The van der Waals surface area contributed by atoms with Crippen LogP contribution in [0.5, 0.6) is 0 Å². The minimum atomic E-state index is -0.818. The van der Waals surface area contributed by atoms with Crippen molar-refractivity contribution in [3.05, 3.63) is 0 Å². The van der Waals surface area contributed by atoms with E-state index in [1.165, 1.54) is 0 Å². The molecule has 0 aliphatic heterocycles. The summed E-state index contributed by atoms with van der Waals surface area (Å²) >= 11 is 0. The van der Waals surface area contributed by atoms with Crippen LogP contribution >= 0.6 is 0 Å². The second-order valence-electron chi connectivity index (χ2n) is 3.03. The molecule has 1 aliphatic carbocycles. The van der Waals surface area contributed by atoms with Crippen LogP contribution in [0.15, 0.2) is 0 Å².